The zero-order valence-corrected chi connectivity index (χ0v) is 10.6. The van der Waals surface area contributed by atoms with Gasteiger partial charge < -0.3 is 15.4 Å². The first-order valence-corrected chi connectivity index (χ1v) is 6.37. The van der Waals surface area contributed by atoms with E-state index in [1.165, 1.54) is 0 Å². The van der Waals surface area contributed by atoms with Gasteiger partial charge in [-0.3, -0.25) is 0 Å². The topological polar surface area (TPSA) is 46.2 Å². The highest BCUT2D eigenvalue weighted by molar-refractivity contribution is 5.38. The van der Waals surface area contributed by atoms with Crippen LogP contribution in [0.1, 0.15) is 26.7 Å². The van der Waals surface area contributed by atoms with Crippen LogP contribution in [-0.4, -0.2) is 30.2 Å². The highest BCUT2D eigenvalue weighted by Gasteiger charge is 2.18. The van der Waals surface area contributed by atoms with E-state index >= 15 is 0 Å². The van der Waals surface area contributed by atoms with Gasteiger partial charge in [0.1, 0.15) is 5.82 Å². The first-order chi connectivity index (χ1) is 8.28. The van der Waals surface area contributed by atoms with Crippen LogP contribution < -0.4 is 15.4 Å². The van der Waals surface area contributed by atoms with E-state index < -0.39 is 0 Å². The Kier molecular flexibility index (Phi) is 4.20. The van der Waals surface area contributed by atoms with Crippen molar-refractivity contribution in [3.63, 3.8) is 0 Å². The highest BCUT2D eigenvalue weighted by Crippen LogP contribution is 2.16. The van der Waals surface area contributed by atoms with E-state index in [9.17, 15) is 0 Å². The number of anilines is 1. The Labute approximate surface area is 103 Å². The molecular formula is C13H21N3O. The maximum Gasteiger partial charge on any atom is 0.215 e. The Balaban J connectivity index is 1.95. The molecule has 94 valence electrons. The van der Waals surface area contributed by atoms with Gasteiger partial charge in [0.25, 0.3) is 0 Å². The van der Waals surface area contributed by atoms with E-state index in [2.05, 4.69) is 22.5 Å². The Bertz CT molecular complexity index is 356. The standard InChI is InChI=1S/C13H21N3O/c1-3-17-13-6-4-5-12(16-13)15-11-7-8-14-10(2)9-11/h4-6,10-11,14H,3,7-9H2,1-2H3,(H,15,16). The van der Waals surface area contributed by atoms with Crippen molar-refractivity contribution in [3.8, 4) is 5.88 Å². The highest BCUT2D eigenvalue weighted by atomic mass is 16.5. The molecule has 17 heavy (non-hydrogen) atoms. The first-order valence-electron chi connectivity index (χ1n) is 6.37. The van der Waals surface area contributed by atoms with Crippen LogP contribution in [0.25, 0.3) is 0 Å². The first kappa shape index (κ1) is 12.2. The van der Waals surface area contributed by atoms with Gasteiger partial charge in [-0.2, -0.15) is 4.98 Å². The average molecular weight is 235 g/mol. The normalized spacial score (nSPS) is 24.4. The van der Waals surface area contributed by atoms with E-state index in [-0.39, 0.29) is 0 Å². The lowest BCUT2D eigenvalue weighted by Gasteiger charge is -2.29. The van der Waals surface area contributed by atoms with Crippen LogP contribution in [0.15, 0.2) is 18.2 Å². The number of hydrogen-bond acceptors (Lipinski definition) is 4. The van der Waals surface area contributed by atoms with E-state index in [4.69, 9.17) is 4.74 Å². The molecule has 1 fully saturated rings. The second-order valence-electron chi connectivity index (χ2n) is 4.51. The molecule has 2 unspecified atom stereocenters. The summed E-state index contributed by atoms with van der Waals surface area (Å²) in [5.74, 6) is 1.61. The zero-order valence-electron chi connectivity index (χ0n) is 10.6. The Morgan fingerprint density at radius 1 is 1.53 bits per heavy atom. The van der Waals surface area contributed by atoms with Crippen LogP contribution in [0.5, 0.6) is 5.88 Å². The van der Waals surface area contributed by atoms with Gasteiger partial charge >= 0.3 is 0 Å². The summed E-state index contributed by atoms with van der Waals surface area (Å²) in [5.41, 5.74) is 0. The number of pyridine rings is 1. The number of hydrogen-bond donors (Lipinski definition) is 2. The Hall–Kier alpha value is -1.29. The van der Waals surface area contributed by atoms with Crippen molar-refractivity contribution >= 4 is 5.82 Å². The van der Waals surface area contributed by atoms with Gasteiger partial charge in [0.05, 0.1) is 6.61 Å². The SMILES string of the molecule is CCOc1cccc(NC2CCNC(C)C2)n1. The van der Waals surface area contributed by atoms with Crippen molar-refractivity contribution < 1.29 is 4.74 Å². The van der Waals surface area contributed by atoms with E-state index in [1.807, 2.05) is 25.1 Å². The number of piperidine rings is 1. The minimum Gasteiger partial charge on any atom is -0.478 e. The molecule has 0 bridgehead atoms. The van der Waals surface area contributed by atoms with Crippen LogP contribution in [0.3, 0.4) is 0 Å². The molecular weight excluding hydrogens is 214 g/mol. The average Bonchev–Trinajstić information content (AvgIpc) is 2.30. The third-order valence-corrected chi connectivity index (χ3v) is 2.99. The largest absolute Gasteiger partial charge is 0.478 e. The van der Waals surface area contributed by atoms with Gasteiger partial charge in [-0.15, -0.1) is 0 Å². The molecule has 0 amide bonds. The summed E-state index contributed by atoms with van der Waals surface area (Å²) in [6.45, 7) is 5.92. The smallest absolute Gasteiger partial charge is 0.215 e. The maximum absolute atomic E-state index is 5.39. The molecule has 1 saturated heterocycles. The van der Waals surface area contributed by atoms with Crippen LogP contribution in [0.4, 0.5) is 5.82 Å². The predicted molar refractivity (Wildman–Crippen MR) is 69.5 cm³/mol. The number of ether oxygens (including phenoxy) is 1. The minimum absolute atomic E-state index is 0.510. The third kappa shape index (κ3) is 3.60. The van der Waals surface area contributed by atoms with Gasteiger partial charge in [-0.25, -0.2) is 0 Å². The molecule has 1 aromatic rings. The number of nitrogens with zero attached hydrogens (tertiary/aromatic N) is 1. The molecule has 2 rings (SSSR count). The van der Waals surface area contributed by atoms with Crippen molar-refractivity contribution in [1.82, 2.24) is 10.3 Å². The van der Waals surface area contributed by atoms with E-state index in [0.29, 0.717) is 24.6 Å². The molecule has 0 saturated carbocycles. The van der Waals surface area contributed by atoms with E-state index in [0.717, 1.165) is 25.2 Å². The maximum atomic E-state index is 5.39. The van der Waals surface area contributed by atoms with Gasteiger partial charge in [-0.05, 0) is 39.3 Å². The van der Waals surface area contributed by atoms with Crippen molar-refractivity contribution in [2.45, 2.75) is 38.8 Å². The van der Waals surface area contributed by atoms with E-state index in [1.54, 1.807) is 0 Å². The lowest BCUT2D eigenvalue weighted by Crippen LogP contribution is -2.41. The van der Waals surface area contributed by atoms with Crippen LogP contribution in [-0.2, 0) is 0 Å². The fourth-order valence-electron chi connectivity index (χ4n) is 2.20. The summed E-state index contributed by atoms with van der Waals surface area (Å²) < 4.78 is 5.39. The zero-order chi connectivity index (χ0) is 12.1. The summed E-state index contributed by atoms with van der Waals surface area (Å²) >= 11 is 0. The second kappa shape index (κ2) is 5.87. The van der Waals surface area contributed by atoms with Crippen molar-refractivity contribution in [2.75, 3.05) is 18.5 Å². The molecule has 0 aromatic carbocycles. The molecule has 4 heteroatoms. The van der Waals surface area contributed by atoms with Crippen molar-refractivity contribution in [2.24, 2.45) is 0 Å². The molecule has 1 aliphatic rings. The predicted octanol–water partition coefficient (Wildman–Crippen LogP) is 2.03. The van der Waals surface area contributed by atoms with Gasteiger partial charge in [0.2, 0.25) is 5.88 Å². The summed E-state index contributed by atoms with van der Waals surface area (Å²) in [6, 6.07) is 6.95. The number of nitrogens with one attached hydrogen (secondary N) is 2. The monoisotopic (exact) mass is 235 g/mol. The molecule has 0 aliphatic carbocycles. The van der Waals surface area contributed by atoms with Crippen LogP contribution >= 0.6 is 0 Å². The molecule has 2 N–H and O–H groups in total. The Morgan fingerprint density at radius 3 is 3.18 bits per heavy atom. The summed E-state index contributed by atoms with van der Waals surface area (Å²) in [6.07, 6.45) is 2.28. The third-order valence-electron chi connectivity index (χ3n) is 2.99. The van der Waals surface area contributed by atoms with Crippen molar-refractivity contribution in [1.29, 1.82) is 0 Å². The molecule has 2 atom stereocenters. The molecule has 0 spiro atoms. The molecule has 2 heterocycles. The molecule has 0 radical (unpaired) electrons. The van der Waals surface area contributed by atoms with Gasteiger partial charge in [0.15, 0.2) is 0 Å². The minimum atomic E-state index is 0.510. The Morgan fingerprint density at radius 2 is 2.41 bits per heavy atom. The lowest BCUT2D eigenvalue weighted by atomic mass is 10.0. The lowest BCUT2D eigenvalue weighted by molar-refractivity contribution is 0.327. The second-order valence-corrected chi connectivity index (χ2v) is 4.51. The quantitative estimate of drug-likeness (QED) is 0.838. The molecule has 1 aliphatic heterocycles. The summed E-state index contributed by atoms with van der Waals surface area (Å²) in [4.78, 5) is 4.43. The fraction of sp³-hybridized carbons (Fsp3) is 0.615. The summed E-state index contributed by atoms with van der Waals surface area (Å²) in [5, 5.41) is 6.92. The summed E-state index contributed by atoms with van der Waals surface area (Å²) in [7, 11) is 0. The fourth-order valence-corrected chi connectivity index (χ4v) is 2.20. The van der Waals surface area contributed by atoms with Crippen LogP contribution in [0.2, 0.25) is 0 Å². The number of aromatic nitrogens is 1. The molecule has 1 aromatic heterocycles. The van der Waals surface area contributed by atoms with Gasteiger partial charge in [-0.1, -0.05) is 6.07 Å². The van der Waals surface area contributed by atoms with Crippen LogP contribution in [0, 0.1) is 0 Å². The molecule has 4 nitrogen and oxygen atoms in total. The van der Waals surface area contributed by atoms with Gasteiger partial charge in [0, 0.05) is 18.2 Å². The number of rotatable bonds is 4. The van der Waals surface area contributed by atoms with Crippen molar-refractivity contribution in [3.05, 3.63) is 18.2 Å².